The highest BCUT2D eigenvalue weighted by molar-refractivity contribution is 5.09. The quantitative estimate of drug-likeness (QED) is 0.898. The molecular formula is C17H29N3O. The van der Waals surface area contributed by atoms with Crippen LogP contribution < -0.4 is 10.1 Å². The molecule has 1 aliphatic carbocycles. The van der Waals surface area contributed by atoms with Crippen molar-refractivity contribution < 1.29 is 4.74 Å². The molecule has 2 unspecified atom stereocenters. The second-order valence-corrected chi connectivity index (χ2v) is 7.06. The average Bonchev–Trinajstić information content (AvgIpc) is 2.45. The fraction of sp³-hybridized carbons (Fsp3) is 0.765. The highest BCUT2D eigenvalue weighted by atomic mass is 16.5. The molecule has 1 N–H and O–H groups in total. The van der Waals surface area contributed by atoms with Crippen LogP contribution in [0.5, 0.6) is 5.88 Å². The topological polar surface area (TPSA) is 47.0 Å². The molecule has 2 rings (SSSR count). The van der Waals surface area contributed by atoms with Crippen LogP contribution in [-0.2, 0) is 6.54 Å². The normalized spacial score (nSPS) is 23.0. The van der Waals surface area contributed by atoms with E-state index in [-0.39, 0.29) is 5.54 Å². The SMILES string of the molecule is CCC1CCCCC1Oc1cncc(CNC(C)(C)C)n1. The zero-order valence-corrected chi connectivity index (χ0v) is 13.9. The summed E-state index contributed by atoms with van der Waals surface area (Å²) >= 11 is 0. The maximum Gasteiger partial charge on any atom is 0.232 e. The van der Waals surface area contributed by atoms with Crippen LogP contribution in [0.2, 0.25) is 0 Å². The van der Waals surface area contributed by atoms with Crippen molar-refractivity contribution in [3.05, 3.63) is 18.1 Å². The number of ether oxygens (including phenoxy) is 1. The van der Waals surface area contributed by atoms with Gasteiger partial charge in [0.25, 0.3) is 0 Å². The first-order chi connectivity index (χ1) is 9.98. The van der Waals surface area contributed by atoms with Crippen molar-refractivity contribution in [3.63, 3.8) is 0 Å². The van der Waals surface area contributed by atoms with E-state index in [0.717, 1.165) is 18.7 Å². The lowest BCUT2D eigenvalue weighted by Gasteiger charge is -2.30. The van der Waals surface area contributed by atoms with Gasteiger partial charge in [-0.15, -0.1) is 0 Å². The third kappa shape index (κ3) is 5.27. The first-order valence-electron chi connectivity index (χ1n) is 8.20. The molecule has 0 saturated heterocycles. The van der Waals surface area contributed by atoms with Crippen molar-refractivity contribution in [1.29, 1.82) is 0 Å². The molecule has 21 heavy (non-hydrogen) atoms. The van der Waals surface area contributed by atoms with Crippen molar-refractivity contribution in [3.8, 4) is 5.88 Å². The van der Waals surface area contributed by atoms with E-state index in [1.807, 2.05) is 6.20 Å². The van der Waals surface area contributed by atoms with Gasteiger partial charge in [0, 0.05) is 18.3 Å². The van der Waals surface area contributed by atoms with E-state index in [1.54, 1.807) is 6.20 Å². The lowest BCUT2D eigenvalue weighted by molar-refractivity contribution is 0.0851. The van der Waals surface area contributed by atoms with Crippen LogP contribution in [0, 0.1) is 5.92 Å². The Kier molecular flexibility index (Phi) is 5.57. The summed E-state index contributed by atoms with van der Waals surface area (Å²) in [6.45, 7) is 9.41. The van der Waals surface area contributed by atoms with Gasteiger partial charge < -0.3 is 10.1 Å². The Morgan fingerprint density at radius 3 is 2.71 bits per heavy atom. The molecule has 0 aromatic carbocycles. The number of nitrogens with one attached hydrogen (secondary N) is 1. The van der Waals surface area contributed by atoms with Gasteiger partial charge in [-0.1, -0.05) is 13.3 Å². The van der Waals surface area contributed by atoms with Gasteiger partial charge in [-0.05, 0) is 52.4 Å². The van der Waals surface area contributed by atoms with Gasteiger partial charge in [0.15, 0.2) is 0 Å². The lowest BCUT2D eigenvalue weighted by Crippen LogP contribution is -2.35. The fourth-order valence-corrected chi connectivity index (χ4v) is 2.83. The molecule has 0 spiro atoms. The Labute approximate surface area is 128 Å². The number of rotatable bonds is 5. The molecule has 1 saturated carbocycles. The Bertz CT molecular complexity index is 442. The van der Waals surface area contributed by atoms with E-state index in [4.69, 9.17) is 4.74 Å². The summed E-state index contributed by atoms with van der Waals surface area (Å²) in [5, 5.41) is 3.43. The Balaban J connectivity index is 1.97. The van der Waals surface area contributed by atoms with Crippen LogP contribution in [-0.4, -0.2) is 21.6 Å². The van der Waals surface area contributed by atoms with Gasteiger partial charge in [0.1, 0.15) is 6.10 Å². The molecule has 0 aliphatic heterocycles. The van der Waals surface area contributed by atoms with Crippen LogP contribution >= 0.6 is 0 Å². The number of nitrogens with zero attached hydrogens (tertiary/aromatic N) is 2. The zero-order chi connectivity index (χ0) is 15.3. The zero-order valence-electron chi connectivity index (χ0n) is 13.9. The Hall–Kier alpha value is -1.16. The molecule has 0 amide bonds. The van der Waals surface area contributed by atoms with Crippen molar-refractivity contribution in [2.45, 2.75) is 78.0 Å². The van der Waals surface area contributed by atoms with Crippen LogP contribution in [0.1, 0.15) is 65.5 Å². The molecule has 0 bridgehead atoms. The van der Waals surface area contributed by atoms with Crippen molar-refractivity contribution >= 4 is 0 Å². The van der Waals surface area contributed by atoms with Crippen molar-refractivity contribution in [2.75, 3.05) is 0 Å². The number of hydrogen-bond acceptors (Lipinski definition) is 4. The van der Waals surface area contributed by atoms with Crippen LogP contribution in [0.25, 0.3) is 0 Å². The average molecular weight is 291 g/mol. The summed E-state index contributed by atoms with van der Waals surface area (Å²) < 4.78 is 6.13. The largest absolute Gasteiger partial charge is 0.473 e. The van der Waals surface area contributed by atoms with E-state index in [1.165, 1.54) is 25.7 Å². The van der Waals surface area contributed by atoms with Crippen molar-refractivity contribution in [2.24, 2.45) is 5.92 Å². The minimum Gasteiger partial charge on any atom is -0.473 e. The summed E-state index contributed by atoms with van der Waals surface area (Å²) in [6.07, 6.45) is 10.1. The first kappa shape index (κ1) is 16.2. The molecule has 1 aromatic heterocycles. The maximum atomic E-state index is 6.13. The smallest absolute Gasteiger partial charge is 0.232 e. The second-order valence-electron chi connectivity index (χ2n) is 7.06. The molecule has 2 atom stereocenters. The molecule has 118 valence electrons. The molecular weight excluding hydrogens is 262 g/mol. The molecule has 1 aromatic rings. The summed E-state index contributed by atoms with van der Waals surface area (Å²) in [5.74, 6) is 1.34. The molecule has 1 aliphatic rings. The molecule has 4 heteroatoms. The van der Waals surface area contributed by atoms with Crippen LogP contribution in [0.3, 0.4) is 0 Å². The first-order valence-corrected chi connectivity index (χ1v) is 8.20. The number of hydrogen-bond donors (Lipinski definition) is 1. The molecule has 0 radical (unpaired) electrons. The Morgan fingerprint density at radius 1 is 1.24 bits per heavy atom. The van der Waals surface area contributed by atoms with Gasteiger partial charge in [0.2, 0.25) is 5.88 Å². The standard InChI is InChI=1S/C17H29N3O/c1-5-13-8-6-7-9-15(13)21-16-12-18-10-14(20-16)11-19-17(2,3)4/h10,12-13,15,19H,5-9,11H2,1-4H3. The molecule has 1 fully saturated rings. The summed E-state index contributed by atoms with van der Waals surface area (Å²) in [7, 11) is 0. The molecule has 4 nitrogen and oxygen atoms in total. The Morgan fingerprint density at radius 2 is 2.00 bits per heavy atom. The fourth-order valence-electron chi connectivity index (χ4n) is 2.83. The lowest BCUT2D eigenvalue weighted by atomic mass is 9.85. The third-order valence-electron chi connectivity index (χ3n) is 4.10. The third-order valence-corrected chi connectivity index (χ3v) is 4.10. The minimum absolute atomic E-state index is 0.0786. The van der Waals surface area contributed by atoms with Gasteiger partial charge in [-0.3, -0.25) is 4.98 Å². The van der Waals surface area contributed by atoms with Crippen LogP contribution in [0.4, 0.5) is 0 Å². The predicted octanol–water partition coefficient (Wildman–Crippen LogP) is 3.71. The minimum atomic E-state index is 0.0786. The summed E-state index contributed by atoms with van der Waals surface area (Å²) in [6, 6.07) is 0. The highest BCUT2D eigenvalue weighted by Gasteiger charge is 2.25. The van der Waals surface area contributed by atoms with E-state index < -0.39 is 0 Å². The van der Waals surface area contributed by atoms with E-state index in [0.29, 0.717) is 17.9 Å². The van der Waals surface area contributed by atoms with Crippen molar-refractivity contribution in [1.82, 2.24) is 15.3 Å². The van der Waals surface area contributed by atoms with E-state index in [9.17, 15) is 0 Å². The second kappa shape index (κ2) is 7.21. The summed E-state index contributed by atoms with van der Waals surface area (Å²) in [4.78, 5) is 8.87. The predicted molar refractivity (Wildman–Crippen MR) is 85.3 cm³/mol. The maximum absolute atomic E-state index is 6.13. The van der Waals surface area contributed by atoms with Gasteiger partial charge in [0.05, 0.1) is 11.9 Å². The number of aromatic nitrogens is 2. The highest BCUT2D eigenvalue weighted by Crippen LogP contribution is 2.29. The molecule has 1 heterocycles. The van der Waals surface area contributed by atoms with Gasteiger partial charge in [-0.2, -0.15) is 0 Å². The monoisotopic (exact) mass is 291 g/mol. The van der Waals surface area contributed by atoms with E-state index in [2.05, 4.69) is 43.0 Å². The van der Waals surface area contributed by atoms with E-state index >= 15 is 0 Å². The van der Waals surface area contributed by atoms with Crippen LogP contribution in [0.15, 0.2) is 12.4 Å². The van der Waals surface area contributed by atoms with Gasteiger partial charge in [-0.25, -0.2) is 4.98 Å². The van der Waals surface area contributed by atoms with Gasteiger partial charge >= 0.3 is 0 Å². The summed E-state index contributed by atoms with van der Waals surface area (Å²) in [5.41, 5.74) is 1.01.